The lowest BCUT2D eigenvalue weighted by Gasteiger charge is -2.18. The van der Waals surface area contributed by atoms with Crippen LogP contribution in [0.5, 0.6) is 0 Å². The molecule has 1 heterocycles. The van der Waals surface area contributed by atoms with Crippen LogP contribution in [0.1, 0.15) is 27.7 Å². The van der Waals surface area contributed by atoms with E-state index in [0.717, 1.165) is 11.1 Å². The van der Waals surface area contributed by atoms with Crippen LogP contribution in [-0.4, -0.2) is 26.7 Å². The van der Waals surface area contributed by atoms with Crippen LogP contribution in [0, 0.1) is 13.8 Å². The summed E-state index contributed by atoms with van der Waals surface area (Å²) in [6, 6.07) is 8.70. The number of hydrogen-bond acceptors (Lipinski definition) is 4. The molecular formula is C17H20ClNO3S2. The van der Waals surface area contributed by atoms with Crippen molar-refractivity contribution in [2.75, 3.05) is 12.4 Å². The number of aryl methyl sites for hydroxylation is 2. The van der Waals surface area contributed by atoms with E-state index in [2.05, 4.69) is 5.32 Å². The SMILES string of the molecule is Cc1ccc(S(=O)(=O)[C@@H](CNC(=O)CCCl)c2cccs2)cc1C. The van der Waals surface area contributed by atoms with Crippen LogP contribution in [-0.2, 0) is 14.6 Å². The molecule has 0 saturated heterocycles. The molecule has 0 spiro atoms. The maximum absolute atomic E-state index is 13.1. The number of halogens is 1. The first kappa shape index (κ1) is 19.0. The fourth-order valence-corrected chi connectivity index (χ4v) is 5.31. The van der Waals surface area contributed by atoms with Gasteiger partial charge in [-0.05, 0) is 48.6 Å². The third kappa shape index (κ3) is 4.37. The van der Waals surface area contributed by atoms with E-state index in [-0.39, 0.29) is 29.6 Å². The predicted octanol–water partition coefficient (Wildman–Crippen LogP) is 3.63. The van der Waals surface area contributed by atoms with E-state index in [0.29, 0.717) is 4.88 Å². The quantitative estimate of drug-likeness (QED) is 0.740. The van der Waals surface area contributed by atoms with E-state index < -0.39 is 15.1 Å². The number of carbonyl (C=O) groups excluding carboxylic acids is 1. The minimum absolute atomic E-state index is 0.0332. The second-order valence-electron chi connectivity index (χ2n) is 5.54. The van der Waals surface area contributed by atoms with E-state index in [1.165, 1.54) is 11.3 Å². The Morgan fingerprint density at radius 2 is 2.00 bits per heavy atom. The number of nitrogens with one attached hydrogen (secondary N) is 1. The third-order valence-electron chi connectivity index (χ3n) is 3.85. The Kier molecular flexibility index (Phi) is 6.43. The first-order chi connectivity index (χ1) is 11.4. The first-order valence-electron chi connectivity index (χ1n) is 7.53. The van der Waals surface area contributed by atoms with Gasteiger partial charge in [-0.1, -0.05) is 12.1 Å². The van der Waals surface area contributed by atoms with Gasteiger partial charge >= 0.3 is 0 Å². The minimum atomic E-state index is -3.61. The molecule has 2 rings (SSSR count). The van der Waals surface area contributed by atoms with Crippen LogP contribution in [0.25, 0.3) is 0 Å². The molecule has 0 radical (unpaired) electrons. The summed E-state index contributed by atoms with van der Waals surface area (Å²) in [6.45, 7) is 3.86. The van der Waals surface area contributed by atoms with E-state index >= 15 is 0 Å². The van der Waals surface area contributed by atoms with Gasteiger partial charge in [0.1, 0.15) is 5.25 Å². The molecule has 1 amide bonds. The van der Waals surface area contributed by atoms with Crippen molar-refractivity contribution in [2.45, 2.75) is 30.4 Å². The van der Waals surface area contributed by atoms with Crippen LogP contribution in [0.4, 0.5) is 0 Å². The fourth-order valence-electron chi connectivity index (χ4n) is 2.27. The second kappa shape index (κ2) is 8.14. The third-order valence-corrected chi connectivity index (χ3v) is 7.25. The summed E-state index contributed by atoms with van der Waals surface area (Å²) in [4.78, 5) is 12.7. The minimum Gasteiger partial charge on any atom is -0.354 e. The van der Waals surface area contributed by atoms with Crippen molar-refractivity contribution in [3.63, 3.8) is 0 Å². The van der Waals surface area contributed by atoms with Crippen LogP contribution in [0.2, 0.25) is 0 Å². The highest BCUT2D eigenvalue weighted by Crippen LogP contribution is 2.32. The molecule has 7 heteroatoms. The van der Waals surface area contributed by atoms with Gasteiger partial charge in [0.05, 0.1) is 4.90 Å². The number of alkyl halides is 1. The molecule has 0 aliphatic rings. The molecule has 1 aromatic carbocycles. The molecule has 24 heavy (non-hydrogen) atoms. The van der Waals surface area contributed by atoms with Gasteiger partial charge in [0.25, 0.3) is 0 Å². The van der Waals surface area contributed by atoms with E-state index in [9.17, 15) is 13.2 Å². The highest BCUT2D eigenvalue weighted by molar-refractivity contribution is 7.91. The lowest BCUT2D eigenvalue weighted by molar-refractivity contribution is -0.120. The summed E-state index contributed by atoms with van der Waals surface area (Å²) in [6.07, 6.45) is 0.169. The second-order valence-corrected chi connectivity index (χ2v) is 9.03. The summed E-state index contributed by atoms with van der Waals surface area (Å²) in [5.74, 6) is -0.0405. The zero-order valence-corrected chi connectivity index (χ0v) is 16.0. The maximum Gasteiger partial charge on any atom is 0.221 e. The number of amides is 1. The Balaban J connectivity index is 2.34. The number of sulfone groups is 1. The van der Waals surface area contributed by atoms with Crippen LogP contribution in [0.15, 0.2) is 40.6 Å². The molecule has 1 atom stereocenters. The summed E-state index contributed by atoms with van der Waals surface area (Å²) >= 11 is 6.92. The molecule has 1 N–H and O–H groups in total. The Morgan fingerprint density at radius 1 is 1.25 bits per heavy atom. The van der Waals surface area contributed by atoms with Gasteiger partial charge in [0.2, 0.25) is 5.91 Å². The van der Waals surface area contributed by atoms with E-state index in [1.54, 1.807) is 24.3 Å². The first-order valence-corrected chi connectivity index (χ1v) is 10.5. The largest absolute Gasteiger partial charge is 0.354 e. The molecule has 0 unspecified atom stereocenters. The smallest absolute Gasteiger partial charge is 0.221 e. The fraction of sp³-hybridized carbons (Fsp3) is 0.353. The number of thiophene rings is 1. The standard InChI is InChI=1S/C17H20ClNO3S2/c1-12-5-6-14(10-13(12)2)24(21,22)16(15-4-3-9-23-15)11-19-17(20)7-8-18/h3-6,9-10,16H,7-8,11H2,1-2H3,(H,19,20)/t16-/m0/s1. The summed E-state index contributed by atoms with van der Waals surface area (Å²) in [7, 11) is -3.61. The lowest BCUT2D eigenvalue weighted by Crippen LogP contribution is -2.31. The topological polar surface area (TPSA) is 63.2 Å². The summed E-state index contributed by atoms with van der Waals surface area (Å²) < 4.78 is 26.2. The highest BCUT2D eigenvalue weighted by atomic mass is 35.5. The molecule has 0 aliphatic carbocycles. The lowest BCUT2D eigenvalue weighted by atomic mass is 10.1. The molecular weight excluding hydrogens is 366 g/mol. The van der Waals surface area contributed by atoms with Crippen molar-refractivity contribution < 1.29 is 13.2 Å². The van der Waals surface area contributed by atoms with Crippen molar-refractivity contribution in [2.24, 2.45) is 0 Å². The van der Waals surface area contributed by atoms with Crippen molar-refractivity contribution >= 4 is 38.7 Å². The van der Waals surface area contributed by atoms with Crippen molar-refractivity contribution in [1.82, 2.24) is 5.32 Å². The van der Waals surface area contributed by atoms with Crippen molar-refractivity contribution in [1.29, 1.82) is 0 Å². The zero-order chi connectivity index (χ0) is 17.7. The molecule has 4 nitrogen and oxygen atoms in total. The highest BCUT2D eigenvalue weighted by Gasteiger charge is 2.30. The van der Waals surface area contributed by atoms with Gasteiger partial charge in [-0.2, -0.15) is 0 Å². The van der Waals surface area contributed by atoms with Gasteiger partial charge in [0, 0.05) is 23.7 Å². The van der Waals surface area contributed by atoms with Crippen LogP contribution < -0.4 is 5.32 Å². The van der Waals surface area contributed by atoms with Gasteiger partial charge in [0.15, 0.2) is 9.84 Å². The number of benzene rings is 1. The molecule has 130 valence electrons. The average molecular weight is 386 g/mol. The van der Waals surface area contributed by atoms with E-state index in [4.69, 9.17) is 11.6 Å². The number of hydrogen-bond donors (Lipinski definition) is 1. The summed E-state index contributed by atoms with van der Waals surface area (Å²) in [5.41, 5.74) is 1.96. The molecule has 1 aromatic heterocycles. The molecule has 0 saturated carbocycles. The van der Waals surface area contributed by atoms with E-state index in [1.807, 2.05) is 25.3 Å². The Morgan fingerprint density at radius 3 is 2.58 bits per heavy atom. The predicted molar refractivity (Wildman–Crippen MR) is 98.5 cm³/mol. The monoisotopic (exact) mass is 385 g/mol. The van der Waals surface area contributed by atoms with Crippen LogP contribution in [0.3, 0.4) is 0 Å². The number of rotatable bonds is 7. The van der Waals surface area contributed by atoms with Crippen molar-refractivity contribution in [3.05, 3.63) is 51.7 Å². The van der Waals surface area contributed by atoms with Gasteiger partial charge in [-0.3, -0.25) is 4.79 Å². The summed E-state index contributed by atoms with van der Waals surface area (Å²) in [5, 5.41) is 3.70. The van der Waals surface area contributed by atoms with Gasteiger partial charge < -0.3 is 5.32 Å². The molecule has 0 fully saturated rings. The Hall–Kier alpha value is -1.37. The molecule has 0 aliphatic heterocycles. The Labute approximate surface area is 151 Å². The van der Waals surface area contributed by atoms with Crippen molar-refractivity contribution in [3.8, 4) is 0 Å². The van der Waals surface area contributed by atoms with Gasteiger partial charge in [-0.15, -0.1) is 22.9 Å². The normalized spacial score (nSPS) is 12.8. The zero-order valence-electron chi connectivity index (χ0n) is 13.6. The average Bonchev–Trinajstić information content (AvgIpc) is 3.04. The number of carbonyl (C=O) groups is 1. The van der Waals surface area contributed by atoms with Crippen LogP contribution >= 0.6 is 22.9 Å². The Bertz CT molecular complexity index is 801. The van der Waals surface area contributed by atoms with Gasteiger partial charge in [-0.25, -0.2) is 8.42 Å². The molecule has 0 bridgehead atoms. The molecule has 2 aromatic rings. The maximum atomic E-state index is 13.1.